The summed E-state index contributed by atoms with van der Waals surface area (Å²) in [4.78, 5) is 32.9. The fourth-order valence-corrected chi connectivity index (χ4v) is 2.90. The molecule has 0 radical (unpaired) electrons. The number of nitrogens with two attached hydrogens (primary N) is 1. The Morgan fingerprint density at radius 2 is 1.84 bits per heavy atom. The number of aromatic nitrogens is 2. The molecule has 0 fully saturated rings. The van der Waals surface area contributed by atoms with Crippen molar-refractivity contribution in [2.75, 3.05) is 24.2 Å². The maximum Gasteiger partial charge on any atom is 0.253 e. The number of rotatable bonds is 7. The Labute approximate surface area is 150 Å². The van der Waals surface area contributed by atoms with Crippen LogP contribution < -0.4 is 16.4 Å². The zero-order chi connectivity index (χ0) is 18.2. The van der Waals surface area contributed by atoms with Gasteiger partial charge in [-0.05, 0) is 32.0 Å². The van der Waals surface area contributed by atoms with E-state index in [2.05, 4.69) is 20.6 Å². The van der Waals surface area contributed by atoms with Gasteiger partial charge >= 0.3 is 0 Å². The fraction of sp³-hybridized carbons (Fsp3) is 0.294. The summed E-state index contributed by atoms with van der Waals surface area (Å²) in [6.07, 6.45) is 0. The molecule has 0 saturated heterocycles. The predicted molar refractivity (Wildman–Crippen MR) is 98.7 cm³/mol. The number of amides is 2. The van der Waals surface area contributed by atoms with Crippen LogP contribution in [-0.4, -0.2) is 40.6 Å². The Morgan fingerprint density at radius 3 is 2.52 bits per heavy atom. The van der Waals surface area contributed by atoms with Crippen LogP contribution >= 0.6 is 11.8 Å². The second kappa shape index (κ2) is 9.14. The number of carbonyl (C=O) groups excluding carboxylic acids is 2. The van der Waals surface area contributed by atoms with Gasteiger partial charge in [0, 0.05) is 24.5 Å². The maximum atomic E-state index is 12.2. The molecule has 25 heavy (non-hydrogen) atoms. The van der Waals surface area contributed by atoms with Gasteiger partial charge in [0.1, 0.15) is 0 Å². The Morgan fingerprint density at radius 1 is 1.16 bits per heavy atom. The van der Waals surface area contributed by atoms with Crippen molar-refractivity contribution in [3.63, 3.8) is 0 Å². The van der Waals surface area contributed by atoms with E-state index >= 15 is 0 Å². The van der Waals surface area contributed by atoms with Crippen LogP contribution in [0.25, 0.3) is 0 Å². The molecule has 0 spiro atoms. The molecular formula is C17H21N5O2S. The molecule has 1 aromatic carbocycles. The number of anilines is 1. The molecule has 1 aromatic heterocycles. The minimum absolute atomic E-state index is 0.154. The number of aryl methyl sites for hydroxylation is 2. The molecule has 4 N–H and O–H groups in total. The SMILES string of the molecule is Cc1cc(C)nc(SCC(=O)Nc2ccccc2C(=O)NCCN)n1. The van der Waals surface area contributed by atoms with Crippen LogP contribution in [0.3, 0.4) is 0 Å². The van der Waals surface area contributed by atoms with Crippen molar-refractivity contribution in [1.29, 1.82) is 0 Å². The lowest BCUT2D eigenvalue weighted by Crippen LogP contribution is -2.30. The summed E-state index contributed by atoms with van der Waals surface area (Å²) in [6, 6.07) is 8.72. The Balaban J connectivity index is 1.99. The van der Waals surface area contributed by atoms with Crippen LogP contribution in [0, 0.1) is 13.8 Å². The number of nitrogens with one attached hydrogen (secondary N) is 2. The Kier molecular flexibility index (Phi) is 6.91. The van der Waals surface area contributed by atoms with E-state index in [1.165, 1.54) is 11.8 Å². The lowest BCUT2D eigenvalue weighted by molar-refractivity contribution is -0.113. The highest BCUT2D eigenvalue weighted by atomic mass is 32.2. The molecule has 0 unspecified atom stereocenters. The second-order valence-corrected chi connectivity index (χ2v) is 6.30. The van der Waals surface area contributed by atoms with Crippen molar-refractivity contribution in [2.24, 2.45) is 5.73 Å². The summed E-state index contributed by atoms with van der Waals surface area (Å²) < 4.78 is 0. The van der Waals surface area contributed by atoms with Gasteiger partial charge in [-0.3, -0.25) is 9.59 Å². The average Bonchev–Trinajstić information content (AvgIpc) is 2.57. The number of hydrogen-bond acceptors (Lipinski definition) is 6. The van der Waals surface area contributed by atoms with Gasteiger partial charge in [0.2, 0.25) is 5.91 Å². The standard InChI is InChI=1S/C17H21N5O2S/c1-11-9-12(2)21-17(20-11)25-10-15(23)22-14-6-4-3-5-13(14)16(24)19-8-7-18/h3-6,9H,7-8,10,18H2,1-2H3,(H,19,24)(H,22,23). The fourth-order valence-electron chi connectivity index (χ4n) is 2.15. The highest BCUT2D eigenvalue weighted by molar-refractivity contribution is 7.99. The zero-order valence-electron chi connectivity index (χ0n) is 14.2. The quantitative estimate of drug-likeness (QED) is 0.511. The summed E-state index contributed by atoms with van der Waals surface area (Å²) >= 11 is 1.25. The van der Waals surface area contributed by atoms with E-state index in [9.17, 15) is 9.59 Å². The number of hydrogen-bond donors (Lipinski definition) is 3. The van der Waals surface area contributed by atoms with Crippen molar-refractivity contribution in [2.45, 2.75) is 19.0 Å². The molecular weight excluding hydrogens is 338 g/mol. The summed E-state index contributed by atoms with van der Waals surface area (Å²) in [5, 5.41) is 6.01. The number of carbonyl (C=O) groups is 2. The van der Waals surface area contributed by atoms with Gasteiger partial charge in [0.15, 0.2) is 5.16 Å². The number of benzene rings is 1. The van der Waals surface area contributed by atoms with Crippen molar-refractivity contribution >= 4 is 29.3 Å². The third-order valence-corrected chi connectivity index (χ3v) is 4.02. The molecule has 0 saturated carbocycles. The third-order valence-electron chi connectivity index (χ3n) is 3.17. The minimum atomic E-state index is -0.272. The predicted octanol–water partition coefficient (Wildman–Crippen LogP) is 1.51. The topological polar surface area (TPSA) is 110 Å². The molecule has 0 atom stereocenters. The van der Waals surface area contributed by atoms with E-state index in [1.54, 1.807) is 24.3 Å². The van der Waals surface area contributed by atoms with Crippen LogP contribution in [0.1, 0.15) is 21.7 Å². The Bertz CT molecular complexity index is 746. The molecule has 2 amide bonds. The van der Waals surface area contributed by atoms with Crippen molar-refractivity contribution < 1.29 is 9.59 Å². The molecule has 2 aromatic rings. The van der Waals surface area contributed by atoms with Gasteiger partial charge in [-0.2, -0.15) is 0 Å². The van der Waals surface area contributed by atoms with E-state index in [4.69, 9.17) is 5.73 Å². The van der Waals surface area contributed by atoms with Crippen LogP contribution in [0.5, 0.6) is 0 Å². The number of para-hydroxylation sites is 1. The summed E-state index contributed by atoms with van der Waals surface area (Å²) in [6.45, 7) is 4.50. The van der Waals surface area contributed by atoms with E-state index < -0.39 is 0 Å². The van der Waals surface area contributed by atoms with Crippen LogP contribution in [0.15, 0.2) is 35.5 Å². The molecule has 132 valence electrons. The lowest BCUT2D eigenvalue weighted by Gasteiger charge is -2.11. The van der Waals surface area contributed by atoms with Crippen LogP contribution in [0.2, 0.25) is 0 Å². The highest BCUT2D eigenvalue weighted by Gasteiger charge is 2.13. The van der Waals surface area contributed by atoms with E-state index in [1.807, 2.05) is 19.9 Å². The van der Waals surface area contributed by atoms with Gasteiger partial charge in [0.05, 0.1) is 17.0 Å². The van der Waals surface area contributed by atoms with Gasteiger partial charge in [-0.15, -0.1) is 0 Å². The molecule has 2 rings (SSSR count). The second-order valence-electron chi connectivity index (χ2n) is 5.36. The smallest absolute Gasteiger partial charge is 0.253 e. The van der Waals surface area contributed by atoms with Crippen LogP contribution in [-0.2, 0) is 4.79 Å². The zero-order valence-corrected chi connectivity index (χ0v) is 15.0. The van der Waals surface area contributed by atoms with Crippen molar-refractivity contribution in [3.8, 4) is 0 Å². The normalized spacial score (nSPS) is 10.4. The van der Waals surface area contributed by atoms with Gasteiger partial charge in [-0.25, -0.2) is 9.97 Å². The molecule has 0 aliphatic rings. The van der Waals surface area contributed by atoms with Crippen LogP contribution in [0.4, 0.5) is 5.69 Å². The largest absolute Gasteiger partial charge is 0.351 e. The first-order chi connectivity index (χ1) is 12.0. The van der Waals surface area contributed by atoms with Crippen molar-refractivity contribution in [1.82, 2.24) is 15.3 Å². The molecule has 7 nitrogen and oxygen atoms in total. The van der Waals surface area contributed by atoms with E-state index in [0.29, 0.717) is 29.5 Å². The third kappa shape index (κ3) is 5.84. The van der Waals surface area contributed by atoms with Crippen molar-refractivity contribution in [3.05, 3.63) is 47.3 Å². The van der Waals surface area contributed by atoms with Gasteiger partial charge in [-0.1, -0.05) is 23.9 Å². The molecule has 0 aliphatic carbocycles. The summed E-state index contributed by atoms with van der Waals surface area (Å²) in [5.41, 5.74) is 7.97. The van der Waals surface area contributed by atoms with E-state index in [-0.39, 0.29) is 17.6 Å². The first kappa shape index (κ1) is 18.9. The molecule has 8 heteroatoms. The molecule has 0 aliphatic heterocycles. The summed E-state index contributed by atoms with van der Waals surface area (Å²) in [7, 11) is 0. The van der Waals surface area contributed by atoms with Gasteiger partial charge < -0.3 is 16.4 Å². The Hall–Kier alpha value is -2.45. The first-order valence-electron chi connectivity index (χ1n) is 7.82. The summed E-state index contributed by atoms with van der Waals surface area (Å²) in [5.74, 6) is -0.347. The first-order valence-corrected chi connectivity index (χ1v) is 8.80. The number of nitrogens with zero attached hydrogens (tertiary/aromatic N) is 2. The lowest BCUT2D eigenvalue weighted by atomic mass is 10.1. The van der Waals surface area contributed by atoms with Gasteiger partial charge in [0.25, 0.3) is 5.91 Å². The average molecular weight is 359 g/mol. The maximum absolute atomic E-state index is 12.2. The molecule has 1 heterocycles. The molecule has 0 bridgehead atoms. The number of thioether (sulfide) groups is 1. The minimum Gasteiger partial charge on any atom is -0.351 e. The highest BCUT2D eigenvalue weighted by Crippen LogP contribution is 2.17. The monoisotopic (exact) mass is 359 g/mol. The van der Waals surface area contributed by atoms with E-state index in [0.717, 1.165) is 11.4 Å².